The van der Waals surface area contributed by atoms with Gasteiger partial charge in [-0.3, -0.25) is 4.90 Å². The monoisotopic (exact) mass is 556 g/mol. The van der Waals surface area contributed by atoms with Crippen molar-refractivity contribution in [3.8, 4) is 5.75 Å². The lowest BCUT2D eigenvalue weighted by Gasteiger charge is -2.39. The van der Waals surface area contributed by atoms with Crippen LogP contribution in [0.2, 0.25) is 0 Å². The van der Waals surface area contributed by atoms with E-state index >= 15 is 0 Å². The number of aliphatic hydroxyl groups is 1. The van der Waals surface area contributed by atoms with Crippen LogP contribution in [0.15, 0.2) is 48.5 Å². The van der Waals surface area contributed by atoms with Gasteiger partial charge >= 0.3 is 6.09 Å². The number of hydrogen-bond donors (Lipinski definition) is 2. The van der Waals surface area contributed by atoms with Gasteiger partial charge in [0.1, 0.15) is 23.8 Å². The van der Waals surface area contributed by atoms with Crippen LogP contribution in [0.3, 0.4) is 0 Å². The van der Waals surface area contributed by atoms with Gasteiger partial charge in [0.2, 0.25) is 0 Å². The van der Waals surface area contributed by atoms with E-state index in [1.807, 2.05) is 56.9 Å². The summed E-state index contributed by atoms with van der Waals surface area (Å²) in [6.07, 6.45) is 1.91. The predicted octanol–water partition coefficient (Wildman–Crippen LogP) is 6.00. The number of nitrogens with one attached hydrogen (secondary N) is 1. The number of carbonyl (C=O) groups is 1. The SMILES string of the molecule is CCOCCOc1ccc(CN[C@H]2CCC[C@H]3N(C(=O)OC(C)(C)C)[C@@H](c4ccc(F)cc4)C[C@@]3(C)[C@@H]2O)cc1. The fraction of sp³-hybridized carbons (Fsp3) is 0.594. The second kappa shape index (κ2) is 12.9. The first-order chi connectivity index (χ1) is 19.0. The van der Waals surface area contributed by atoms with Gasteiger partial charge in [-0.05, 0) is 88.8 Å². The topological polar surface area (TPSA) is 80.3 Å². The van der Waals surface area contributed by atoms with Crippen molar-refractivity contribution in [3.05, 3.63) is 65.5 Å². The number of nitrogens with zero attached hydrogens (tertiary/aromatic N) is 1. The standard InChI is InChI=1S/C32H45FN2O5/c1-6-38-18-19-39-25-16-10-22(11-17-25)21-34-26-8-7-9-28-32(5,29(26)36)20-27(23-12-14-24(33)15-13-23)35(28)30(37)40-31(2,3)4/h10-17,26-29,34,36H,6-9,18-21H2,1-5H3/t26-,27+,28+,29+,32+/m0/s1. The van der Waals surface area contributed by atoms with Gasteiger partial charge < -0.3 is 24.6 Å². The highest BCUT2D eigenvalue weighted by molar-refractivity contribution is 5.70. The van der Waals surface area contributed by atoms with E-state index in [1.54, 1.807) is 12.1 Å². The molecule has 0 aromatic heterocycles. The summed E-state index contributed by atoms with van der Waals surface area (Å²) in [7, 11) is 0. The fourth-order valence-electron chi connectivity index (χ4n) is 6.18. The summed E-state index contributed by atoms with van der Waals surface area (Å²) in [4.78, 5) is 15.4. The molecular weight excluding hydrogens is 511 g/mol. The quantitative estimate of drug-likeness (QED) is 0.369. The van der Waals surface area contributed by atoms with Crippen molar-refractivity contribution >= 4 is 6.09 Å². The zero-order valence-electron chi connectivity index (χ0n) is 24.5. The van der Waals surface area contributed by atoms with Gasteiger partial charge in [-0.1, -0.05) is 31.2 Å². The molecule has 1 amide bonds. The molecule has 1 aliphatic carbocycles. The summed E-state index contributed by atoms with van der Waals surface area (Å²) in [5.41, 5.74) is 0.728. The average molecular weight is 557 g/mol. The highest BCUT2D eigenvalue weighted by Crippen LogP contribution is 2.53. The van der Waals surface area contributed by atoms with E-state index < -0.39 is 23.2 Å². The lowest BCUT2D eigenvalue weighted by Crippen LogP contribution is -2.52. The first-order valence-electron chi connectivity index (χ1n) is 14.5. The first kappa shape index (κ1) is 30.3. The lowest BCUT2D eigenvalue weighted by atomic mass is 9.74. The number of ether oxygens (including phenoxy) is 3. The lowest BCUT2D eigenvalue weighted by molar-refractivity contribution is -0.0186. The predicted molar refractivity (Wildman–Crippen MR) is 153 cm³/mol. The maximum Gasteiger partial charge on any atom is 0.411 e. The average Bonchev–Trinajstić information content (AvgIpc) is 3.15. The highest BCUT2D eigenvalue weighted by Gasteiger charge is 2.57. The first-order valence-corrected chi connectivity index (χ1v) is 14.5. The molecule has 2 N–H and O–H groups in total. The fourth-order valence-corrected chi connectivity index (χ4v) is 6.18. The number of amides is 1. The molecule has 220 valence electrons. The van der Waals surface area contributed by atoms with E-state index in [9.17, 15) is 14.3 Å². The van der Waals surface area contributed by atoms with Crippen molar-refractivity contribution in [2.75, 3.05) is 19.8 Å². The number of halogens is 1. The zero-order valence-corrected chi connectivity index (χ0v) is 24.5. The maximum absolute atomic E-state index is 13.8. The third kappa shape index (κ3) is 7.14. The number of rotatable bonds is 9. The van der Waals surface area contributed by atoms with E-state index in [1.165, 1.54) is 12.1 Å². The second-order valence-corrected chi connectivity index (χ2v) is 12.2. The molecule has 0 unspecified atom stereocenters. The Morgan fingerprint density at radius 1 is 1.10 bits per heavy atom. The molecule has 0 radical (unpaired) electrons. The molecule has 1 aliphatic heterocycles. The second-order valence-electron chi connectivity index (χ2n) is 12.2. The van der Waals surface area contributed by atoms with E-state index in [0.29, 0.717) is 32.8 Å². The molecule has 4 rings (SSSR count). The van der Waals surface area contributed by atoms with Crippen LogP contribution >= 0.6 is 0 Å². The van der Waals surface area contributed by atoms with Gasteiger partial charge in [0, 0.05) is 30.7 Å². The molecule has 2 fully saturated rings. The maximum atomic E-state index is 13.8. The number of benzene rings is 2. The molecule has 1 saturated heterocycles. The molecule has 5 atom stereocenters. The van der Waals surface area contributed by atoms with E-state index in [0.717, 1.165) is 36.1 Å². The van der Waals surface area contributed by atoms with Crippen LogP contribution in [0.4, 0.5) is 9.18 Å². The van der Waals surface area contributed by atoms with Gasteiger partial charge in [0.25, 0.3) is 0 Å². The Labute approximate surface area is 238 Å². The molecule has 2 aromatic carbocycles. The molecule has 1 heterocycles. The molecule has 2 aromatic rings. The number of fused-ring (bicyclic) bond motifs is 1. The molecule has 1 saturated carbocycles. The smallest absolute Gasteiger partial charge is 0.411 e. The highest BCUT2D eigenvalue weighted by atomic mass is 19.1. The van der Waals surface area contributed by atoms with Crippen molar-refractivity contribution in [1.82, 2.24) is 10.2 Å². The van der Waals surface area contributed by atoms with Crippen molar-refractivity contribution < 1.29 is 28.5 Å². The van der Waals surface area contributed by atoms with Gasteiger partial charge in [0.15, 0.2) is 0 Å². The Hall–Kier alpha value is -2.68. The van der Waals surface area contributed by atoms with Gasteiger partial charge in [-0.25, -0.2) is 9.18 Å². The number of hydrogen-bond acceptors (Lipinski definition) is 6. The zero-order chi connectivity index (χ0) is 28.9. The van der Waals surface area contributed by atoms with Crippen LogP contribution in [-0.4, -0.2) is 59.7 Å². The summed E-state index contributed by atoms with van der Waals surface area (Å²) in [6, 6.07) is 13.6. The van der Waals surface area contributed by atoms with Crippen molar-refractivity contribution in [3.63, 3.8) is 0 Å². The van der Waals surface area contributed by atoms with Crippen molar-refractivity contribution in [1.29, 1.82) is 0 Å². The molecule has 2 aliphatic rings. The summed E-state index contributed by atoms with van der Waals surface area (Å²) in [6.45, 7) is 12.0. The third-order valence-electron chi connectivity index (χ3n) is 8.17. The van der Waals surface area contributed by atoms with E-state index in [4.69, 9.17) is 14.2 Å². The third-order valence-corrected chi connectivity index (χ3v) is 8.17. The largest absolute Gasteiger partial charge is 0.491 e. The Balaban J connectivity index is 1.49. The molecule has 40 heavy (non-hydrogen) atoms. The molecular formula is C32H45FN2O5. The van der Waals surface area contributed by atoms with Gasteiger partial charge in [-0.15, -0.1) is 0 Å². The molecule has 8 heteroatoms. The Morgan fingerprint density at radius 2 is 1.80 bits per heavy atom. The normalized spacial score (nSPS) is 26.7. The van der Waals surface area contributed by atoms with Crippen LogP contribution < -0.4 is 10.1 Å². The Morgan fingerprint density at radius 3 is 2.45 bits per heavy atom. The van der Waals surface area contributed by atoms with Crippen LogP contribution in [-0.2, 0) is 16.0 Å². The Bertz CT molecular complexity index is 1100. The van der Waals surface area contributed by atoms with Crippen LogP contribution in [0, 0.1) is 11.2 Å². The van der Waals surface area contributed by atoms with Crippen LogP contribution in [0.1, 0.15) is 77.5 Å². The van der Waals surface area contributed by atoms with Gasteiger partial charge in [0.05, 0.1) is 18.8 Å². The number of likely N-dealkylation sites (tertiary alicyclic amines) is 1. The summed E-state index contributed by atoms with van der Waals surface area (Å²) in [5, 5.41) is 15.4. The minimum Gasteiger partial charge on any atom is -0.491 e. The number of aliphatic hydroxyl groups excluding tert-OH is 1. The van der Waals surface area contributed by atoms with Crippen LogP contribution in [0.5, 0.6) is 5.75 Å². The van der Waals surface area contributed by atoms with E-state index in [2.05, 4.69) is 12.2 Å². The van der Waals surface area contributed by atoms with Gasteiger partial charge in [-0.2, -0.15) is 0 Å². The Kier molecular flexibility index (Phi) is 9.75. The molecule has 0 bridgehead atoms. The summed E-state index contributed by atoms with van der Waals surface area (Å²) in [5.74, 6) is 0.480. The summed E-state index contributed by atoms with van der Waals surface area (Å²) < 4.78 is 30.6. The minimum atomic E-state index is -0.684. The van der Waals surface area contributed by atoms with Crippen molar-refractivity contribution in [2.24, 2.45) is 5.41 Å². The summed E-state index contributed by atoms with van der Waals surface area (Å²) >= 11 is 0. The minimum absolute atomic E-state index is 0.135. The number of carbonyl (C=O) groups excluding carboxylic acids is 1. The van der Waals surface area contributed by atoms with E-state index in [-0.39, 0.29) is 23.9 Å². The van der Waals surface area contributed by atoms with Crippen LogP contribution in [0.25, 0.3) is 0 Å². The van der Waals surface area contributed by atoms with Crippen molar-refractivity contribution in [2.45, 2.75) is 96.7 Å². The molecule has 7 nitrogen and oxygen atoms in total. The molecule has 0 spiro atoms.